The summed E-state index contributed by atoms with van der Waals surface area (Å²) in [5.74, 6) is 8.41. The first-order valence-electron chi connectivity index (χ1n) is 15.9. The Bertz CT molecular complexity index is 1350. The Hall–Kier alpha value is -2.36. The number of fused-ring (bicyclic) bond motifs is 4. The van der Waals surface area contributed by atoms with Crippen molar-refractivity contribution in [2.75, 3.05) is 39.3 Å². The topological polar surface area (TPSA) is 109 Å². The molecule has 0 amide bonds. The summed E-state index contributed by atoms with van der Waals surface area (Å²) >= 11 is 1.77. The van der Waals surface area contributed by atoms with Crippen molar-refractivity contribution in [2.24, 2.45) is 5.41 Å². The number of ether oxygens (including phenoxy) is 1. The lowest BCUT2D eigenvalue weighted by Crippen LogP contribution is -2.67. The van der Waals surface area contributed by atoms with Crippen molar-refractivity contribution in [3.05, 3.63) is 27.2 Å². The molecule has 2 unspecified atom stereocenters. The van der Waals surface area contributed by atoms with Crippen LogP contribution in [0.25, 0.3) is 0 Å². The minimum Gasteiger partial charge on any atom is -0.481 e. The van der Waals surface area contributed by atoms with Gasteiger partial charge in [-0.2, -0.15) is 0 Å². The normalized spacial score (nSPS) is 31.8. The third-order valence-electron chi connectivity index (χ3n) is 10.5. The van der Waals surface area contributed by atoms with E-state index in [4.69, 9.17) is 9.72 Å². The summed E-state index contributed by atoms with van der Waals surface area (Å²) in [4.78, 5) is 22.9. The standard InChI is InChI=1S/C31H43N7O3S/c1-22-23(7-5-15-36-18-14-32-25(19-36)31-12-10-30(11-13-31,21-41-31)29(39)40)33-27(42-22)20-37-16-6-8-24(37)28-35-34-26-9-3-2-4-17-38(26)28/h24-25,32H,2-4,6,8-21H2,1H3,(H,39,40). The quantitative estimate of drug-likeness (QED) is 0.489. The van der Waals surface area contributed by atoms with Crippen LogP contribution in [0, 0.1) is 24.2 Å². The number of aliphatic carboxylic acids is 1. The maximum atomic E-state index is 11.8. The van der Waals surface area contributed by atoms with Crippen LogP contribution in [0.1, 0.15) is 91.1 Å². The van der Waals surface area contributed by atoms with Gasteiger partial charge in [0.25, 0.3) is 0 Å². The highest BCUT2D eigenvalue weighted by Gasteiger charge is 2.57. The van der Waals surface area contributed by atoms with Gasteiger partial charge in [-0.25, -0.2) is 4.98 Å². The summed E-state index contributed by atoms with van der Waals surface area (Å²) in [6, 6.07) is 0.530. The number of aryl methyl sites for hydroxylation is 2. The van der Waals surface area contributed by atoms with E-state index in [2.05, 4.69) is 48.6 Å². The van der Waals surface area contributed by atoms with Crippen molar-refractivity contribution < 1.29 is 14.6 Å². The van der Waals surface area contributed by atoms with E-state index in [0.29, 0.717) is 32.0 Å². The molecule has 8 rings (SSSR count). The van der Waals surface area contributed by atoms with Crippen molar-refractivity contribution in [3.8, 4) is 11.8 Å². The summed E-state index contributed by atoms with van der Waals surface area (Å²) in [5, 5.41) is 23.7. The van der Waals surface area contributed by atoms with Crippen molar-refractivity contribution >= 4 is 17.3 Å². The maximum absolute atomic E-state index is 11.8. The Morgan fingerprint density at radius 3 is 2.83 bits per heavy atom. The van der Waals surface area contributed by atoms with Crippen LogP contribution in [-0.4, -0.2) is 91.6 Å². The number of nitrogens with one attached hydrogen (secondary N) is 1. The largest absolute Gasteiger partial charge is 0.481 e. The molecular formula is C31H43N7O3S. The monoisotopic (exact) mass is 593 g/mol. The van der Waals surface area contributed by atoms with Crippen LogP contribution in [0.5, 0.6) is 0 Å². The Balaban J connectivity index is 0.966. The van der Waals surface area contributed by atoms with Crippen LogP contribution in [0.15, 0.2) is 0 Å². The van der Waals surface area contributed by atoms with Crippen molar-refractivity contribution in [1.82, 2.24) is 34.9 Å². The second kappa shape index (κ2) is 11.6. The molecule has 226 valence electrons. The molecule has 0 aromatic carbocycles. The molecule has 1 aliphatic carbocycles. The number of thiazole rings is 1. The zero-order valence-corrected chi connectivity index (χ0v) is 25.6. The number of aromatic nitrogens is 4. The van der Waals surface area contributed by atoms with Crippen molar-refractivity contribution in [2.45, 2.75) is 102 Å². The van der Waals surface area contributed by atoms with Gasteiger partial charge in [-0.05, 0) is 70.8 Å². The number of rotatable bonds is 6. The Morgan fingerprint density at radius 2 is 2.02 bits per heavy atom. The van der Waals surface area contributed by atoms with E-state index in [-0.39, 0.29) is 11.6 Å². The molecule has 5 fully saturated rings. The molecule has 1 saturated carbocycles. The van der Waals surface area contributed by atoms with E-state index >= 15 is 0 Å². The molecule has 0 spiro atoms. The molecule has 11 heteroatoms. The fourth-order valence-corrected chi connectivity index (χ4v) is 8.77. The maximum Gasteiger partial charge on any atom is 0.311 e. The van der Waals surface area contributed by atoms with Crippen LogP contribution < -0.4 is 5.32 Å². The van der Waals surface area contributed by atoms with Gasteiger partial charge in [0.05, 0.1) is 36.8 Å². The fourth-order valence-electron chi connectivity index (χ4n) is 7.86. The van der Waals surface area contributed by atoms with E-state index in [0.717, 1.165) is 87.3 Å². The average Bonchev–Trinajstić information content (AvgIpc) is 3.68. The van der Waals surface area contributed by atoms with Gasteiger partial charge in [0, 0.05) is 43.5 Å². The van der Waals surface area contributed by atoms with Crippen molar-refractivity contribution in [3.63, 3.8) is 0 Å². The highest BCUT2D eigenvalue weighted by Crippen LogP contribution is 2.50. The zero-order valence-electron chi connectivity index (χ0n) is 24.7. The lowest BCUT2D eigenvalue weighted by molar-refractivity contribution is -0.212. The Labute approximate surface area is 252 Å². The molecule has 10 nitrogen and oxygen atoms in total. The molecule has 2 aromatic rings. The van der Waals surface area contributed by atoms with E-state index in [1.165, 1.54) is 30.6 Å². The van der Waals surface area contributed by atoms with Gasteiger partial charge in [0.1, 0.15) is 22.4 Å². The van der Waals surface area contributed by atoms with E-state index in [9.17, 15) is 9.90 Å². The van der Waals surface area contributed by atoms with Crippen LogP contribution >= 0.6 is 11.3 Å². The first-order valence-corrected chi connectivity index (χ1v) is 16.7. The van der Waals surface area contributed by atoms with Gasteiger partial charge < -0.3 is 19.7 Å². The number of piperazine rings is 1. The smallest absolute Gasteiger partial charge is 0.311 e. The molecule has 7 heterocycles. The van der Waals surface area contributed by atoms with E-state index < -0.39 is 11.4 Å². The number of carboxylic acids is 1. The summed E-state index contributed by atoms with van der Waals surface area (Å²) in [7, 11) is 0. The lowest BCUT2D eigenvalue weighted by Gasteiger charge is -2.55. The van der Waals surface area contributed by atoms with E-state index in [1.807, 2.05) is 0 Å². The number of hydrogen-bond acceptors (Lipinski definition) is 9. The van der Waals surface area contributed by atoms with E-state index in [1.54, 1.807) is 11.3 Å². The SMILES string of the molecule is Cc1sc(CN2CCCC2c2nnc3n2CCCCC3)nc1C#CCN1CCNC(C23CCC(C(=O)O)(CC2)CO3)C1. The number of carbonyl (C=O) groups is 1. The van der Waals surface area contributed by atoms with Gasteiger partial charge in [-0.3, -0.25) is 14.6 Å². The van der Waals surface area contributed by atoms with Crippen LogP contribution in [-0.2, 0) is 29.0 Å². The third kappa shape index (κ3) is 5.30. The van der Waals surface area contributed by atoms with Crippen LogP contribution in [0.2, 0.25) is 0 Å². The first-order chi connectivity index (χ1) is 20.4. The molecule has 2 atom stereocenters. The predicted octanol–water partition coefficient (Wildman–Crippen LogP) is 3.15. The number of hydrogen-bond donors (Lipinski definition) is 2. The minimum atomic E-state index is -0.700. The molecule has 2 aromatic heterocycles. The highest BCUT2D eigenvalue weighted by molar-refractivity contribution is 7.11. The Kier molecular flexibility index (Phi) is 7.86. The summed E-state index contributed by atoms with van der Waals surface area (Å²) in [5.41, 5.74) is -0.0146. The van der Waals surface area contributed by atoms with Gasteiger partial charge >= 0.3 is 5.97 Å². The number of carboxylic acid groups (broad SMARTS) is 1. The molecule has 2 bridgehead atoms. The van der Waals surface area contributed by atoms with Gasteiger partial charge in [-0.1, -0.05) is 12.3 Å². The summed E-state index contributed by atoms with van der Waals surface area (Å²) in [6.45, 7) is 8.84. The molecule has 4 saturated heterocycles. The molecule has 6 aliphatic rings. The second-order valence-corrected chi connectivity index (χ2v) is 14.3. The van der Waals surface area contributed by atoms with Gasteiger partial charge in [-0.15, -0.1) is 21.5 Å². The summed E-state index contributed by atoms with van der Waals surface area (Å²) < 4.78 is 8.70. The number of likely N-dealkylation sites (tertiary alicyclic amines) is 1. The first kappa shape index (κ1) is 28.4. The average molecular weight is 594 g/mol. The Morgan fingerprint density at radius 1 is 1.14 bits per heavy atom. The third-order valence-corrected chi connectivity index (χ3v) is 11.5. The molecule has 42 heavy (non-hydrogen) atoms. The van der Waals surface area contributed by atoms with Gasteiger partial charge in [0.2, 0.25) is 0 Å². The van der Waals surface area contributed by atoms with Gasteiger partial charge in [0.15, 0.2) is 0 Å². The fraction of sp³-hybridized carbons (Fsp3) is 0.742. The second-order valence-electron chi connectivity index (χ2n) is 13.1. The highest BCUT2D eigenvalue weighted by atomic mass is 32.1. The van der Waals surface area contributed by atoms with Crippen LogP contribution in [0.3, 0.4) is 0 Å². The minimum absolute atomic E-state index is 0.210. The summed E-state index contributed by atoms with van der Waals surface area (Å²) in [6.07, 6.45) is 10.1. The molecule has 5 aliphatic heterocycles. The lowest BCUT2D eigenvalue weighted by atomic mass is 9.63. The van der Waals surface area contributed by atoms with Crippen LogP contribution in [0.4, 0.5) is 0 Å². The molecule has 2 N–H and O–H groups in total. The molecule has 0 radical (unpaired) electrons. The molecular weight excluding hydrogens is 550 g/mol. The van der Waals surface area contributed by atoms with Crippen molar-refractivity contribution in [1.29, 1.82) is 0 Å². The number of nitrogens with zero attached hydrogens (tertiary/aromatic N) is 6. The zero-order chi connectivity index (χ0) is 28.7. The predicted molar refractivity (Wildman–Crippen MR) is 159 cm³/mol.